The number of carbonyl (C=O) groups excluding carboxylic acids is 2. The summed E-state index contributed by atoms with van der Waals surface area (Å²) < 4.78 is 5.77. The van der Waals surface area contributed by atoms with Gasteiger partial charge >= 0.3 is 0 Å². The van der Waals surface area contributed by atoms with Crippen LogP contribution in [-0.2, 0) is 11.3 Å². The molecule has 0 unspecified atom stereocenters. The first-order chi connectivity index (χ1) is 14.0. The van der Waals surface area contributed by atoms with Gasteiger partial charge < -0.3 is 20.4 Å². The standard InChI is InChI=1S/C20H18Cl2N4O3/c1-23-20(28)15-10-24-7-6-17(15)26-19(27)11-25-9-13-3-5-18(29-13)14-8-12(21)2-4-16(14)22/h2-8,10,25H,9,11H2,1H3,(H,23,28)(H,24,26,27). The molecule has 0 fully saturated rings. The van der Waals surface area contributed by atoms with Crippen LogP contribution in [0.4, 0.5) is 5.69 Å². The molecule has 0 spiro atoms. The number of nitrogens with zero attached hydrogens (tertiary/aromatic N) is 1. The highest BCUT2D eigenvalue weighted by Crippen LogP contribution is 2.31. The molecule has 2 aromatic heterocycles. The van der Waals surface area contributed by atoms with Crippen LogP contribution in [0.1, 0.15) is 16.1 Å². The molecule has 3 aromatic rings. The lowest BCUT2D eigenvalue weighted by molar-refractivity contribution is -0.115. The van der Waals surface area contributed by atoms with Gasteiger partial charge in [-0.05, 0) is 36.4 Å². The lowest BCUT2D eigenvalue weighted by Crippen LogP contribution is -2.29. The van der Waals surface area contributed by atoms with Crippen molar-refractivity contribution in [3.63, 3.8) is 0 Å². The zero-order valence-corrected chi connectivity index (χ0v) is 17.0. The number of halogens is 2. The summed E-state index contributed by atoms with van der Waals surface area (Å²) in [6.07, 6.45) is 2.90. The van der Waals surface area contributed by atoms with E-state index in [2.05, 4.69) is 20.9 Å². The van der Waals surface area contributed by atoms with E-state index in [0.717, 1.165) is 0 Å². The molecular weight excluding hydrogens is 415 g/mol. The van der Waals surface area contributed by atoms with E-state index in [4.69, 9.17) is 27.6 Å². The van der Waals surface area contributed by atoms with Crippen LogP contribution < -0.4 is 16.0 Å². The van der Waals surface area contributed by atoms with Crippen LogP contribution in [0.15, 0.2) is 53.2 Å². The number of carbonyl (C=O) groups is 2. The Kier molecular flexibility index (Phi) is 6.87. The van der Waals surface area contributed by atoms with Crippen molar-refractivity contribution >= 4 is 40.7 Å². The van der Waals surface area contributed by atoms with Gasteiger partial charge in [-0.2, -0.15) is 0 Å². The predicted octanol–water partition coefficient (Wildman–Crippen LogP) is 3.74. The number of aromatic nitrogens is 1. The van der Waals surface area contributed by atoms with Crippen LogP contribution in [0.3, 0.4) is 0 Å². The molecule has 7 nitrogen and oxygen atoms in total. The molecule has 0 saturated carbocycles. The maximum atomic E-state index is 12.2. The Hall–Kier alpha value is -2.87. The molecule has 0 aliphatic rings. The summed E-state index contributed by atoms with van der Waals surface area (Å²) in [7, 11) is 1.51. The fraction of sp³-hybridized carbons (Fsp3) is 0.150. The zero-order valence-electron chi connectivity index (χ0n) is 15.5. The molecule has 29 heavy (non-hydrogen) atoms. The molecule has 0 bridgehead atoms. The largest absolute Gasteiger partial charge is 0.460 e. The minimum absolute atomic E-state index is 0.0312. The van der Waals surface area contributed by atoms with Gasteiger partial charge in [0.15, 0.2) is 0 Å². The van der Waals surface area contributed by atoms with Gasteiger partial charge in [0.25, 0.3) is 5.91 Å². The molecule has 3 rings (SSSR count). The van der Waals surface area contributed by atoms with Gasteiger partial charge in [-0.1, -0.05) is 23.2 Å². The Balaban J connectivity index is 1.56. The van der Waals surface area contributed by atoms with E-state index < -0.39 is 0 Å². The van der Waals surface area contributed by atoms with Crippen LogP contribution in [-0.4, -0.2) is 30.4 Å². The number of anilines is 1. The highest BCUT2D eigenvalue weighted by molar-refractivity contribution is 6.35. The molecule has 9 heteroatoms. The summed E-state index contributed by atoms with van der Waals surface area (Å²) in [4.78, 5) is 27.9. The smallest absolute Gasteiger partial charge is 0.254 e. The van der Waals surface area contributed by atoms with Gasteiger partial charge in [-0.3, -0.25) is 14.6 Å². The van der Waals surface area contributed by atoms with E-state index in [9.17, 15) is 9.59 Å². The maximum Gasteiger partial charge on any atom is 0.254 e. The monoisotopic (exact) mass is 432 g/mol. The summed E-state index contributed by atoms with van der Waals surface area (Å²) in [6, 6.07) is 10.3. The fourth-order valence-electron chi connectivity index (χ4n) is 2.62. The summed E-state index contributed by atoms with van der Waals surface area (Å²) >= 11 is 12.2. The first-order valence-corrected chi connectivity index (χ1v) is 9.44. The van der Waals surface area contributed by atoms with Crippen molar-refractivity contribution < 1.29 is 14.0 Å². The second-order valence-electron chi connectivity index (χ2n) is 6.04. The second-order valence-corrected chi connectivity index (χ2v) is 6.89. The third kappa shape index (κ3) is 5.35. The Morgan fingerprint density at radius 3 is 2.76 bits per heavy atom. The third-order valence-corrected chi connectivity index (χ3v) is 4.57. The summed E-state index contributed by atoms with van der Waals surface area (Å²) in [6.45, 7) is 0.369. The minimum atomic E-state index is -0.329. The van der Waals surface area contributed by atoms with Crippen molar-refractivity contribution in [1.82, 2.24) is 15.6 Å². The first kappa shape index (κ1) is 20.9. The zero-order chi connectivity index (χ0) is 20.8. The molecule has 0 radical (unpaired) electrons. The third-order valence-electron chi connectivity index (χ3n) is 4.01. The van der Waals surface area contributed by atoms with Crippen molar-refractivity contribution in [1.29, 1.82) is 0 Å². The molecule has 0 atom stereocenters. The lowest BCUT2D eigenvalue weighted by atomic mass is 10.2. The summed E-state index contributed by atoms with van der Waals surface area (Å²) in [5, 5.41) is 9.29. The number of hydrogen-bond acceptors (Lipinski definition) is 5. The average molecular weight is 433 g/mol. The highest BCUT2D eigenvalue weighted by atomic mass is 35.5. The van der Waals surface area contributed by atoms with Crippen molar-refractivity contribution in [3.8, 4) is 11.3 Å². The first-order valence-electron chi connectivity index (χ1n) is 8.68. The van der Waals surface area contributed by atoms with Gasteiger partial charge in [0.2, 0.25) is 5.91 Å². The maximum absolute atomic E-state index is 12.2. The van der Waals surface area contributed by atoms with Crippen molar-refractivity contribution in [2.75, 3.05) is 18.9 Å². The molecule has 0 aliphatic carbocycles. The molecule has 2 heterocycles. The van der Waals surface area contributed by atoms with Gasteiger partial charge in [0, 0.05) is 30.0 Å². The quantitative estimate of drug-likeness (QED) is 0.528. The molecular formula is C20H18Cl2N4O3. The highest BCUT2D eigenvalue weighted by Gasteiger charge is 2.13. The van der Waals surface area contributed by atoms with Crippen LogP contribution in [0, 0.1) is 0 Å². The normalized spacial score (nSPS) is 10.6. The average Bonchev–Trinajstić information content (AvgIpc) is 3.18. The van der Waals surface area contributed by atoms with Gasteiger partial charge in [0.05, 0.1) is 29.4 Å². The summed E-state index contributed by atoms with van der Waals surface area (Å²) in [5.41, 5.74) is 1.38. The fourth-order valence-corrected chi connectivity index (χ4v) is 3.00. The minimum Gasteiger partial charge on any atom is -0.460 e. The van der Waals surface area contributed by atoms with Gasteiger partial charge in [-0.25, -0.2) is 0 Å². The number of amides is 2. The Bertz CT molecular complexity index is 1040. The topological polar surface area (TPSA) is 96.3 Å². The van der Waals surface area contributed by atoms with Crippen molar-refractivity contribution in [3.05, 3.63) is 70.2 Å². The van der Waals surface area contributed by atoms with Gasteiger partial charge in [-0.15, -0.1) is 0 Å². The summed E-state index contributed by atoms with van der Waals surface area (Å²) in [5.74, 6) is 0.597. The second kappa shape index (κ2) is 9.56. The number of furan rings is 1. The van der Waals surface area contributed by atoms with Crippen LogP contribution in [0.25, 0.3) is 11.3 Å². The van der Waals surface area contributed by atoms with Crippen LogP contribution >= 0.6 is 23.2 Å². The molecule has 3 N–H and O–H groups in total. The van der Waals surface area contributed by atoms with Gasteiger partial charge in [0.1, 0.15) is 11.5 Å². The van der Waals surface area contributed by atoms with Crippen LogP contribution in [0.2, 0.25) is 10.0 Å². The van der Waals surface area contributed by atoms with E-state index in [1.54, 1.807) is 36.4 Å². The van der Waals surface area contributed by atoms with Crippen LogP contribution in [0.5, 0.6) is 0 Å². The molecule has 150 valence electrons. The molecule has 0 aliphatic heterocycles. The van der Waals surface area contributed by atoms with E-state index in [-0.39, 0.29) is 23.9 Å². The number of hydrogen-bond donors (Lipinski definition) is 3. The van der Waals surface area contributed by atoms with E-state index in [0.29, 0.717) is 39.4 Å². The number of benzene rings is 1. The Labute approximate surface area is 177 Å². The van der Waals surface area contributed by atoms with E-state index >= 15 is 0 Å². The molecule has 0 saturated heterocycles. The predicted molar refractivity (Wildman–Crippen MR) is 112 cm³/mol. The SMILES string of the molecule is CNC(=O)c1cnccc1NC(=O)CNCc1ccc(-c2cc(Cl)ccc2Cl)o1. The Morgan fingerprint density at radius 1 is 1.14 bits per heavy atom. The Morgan fingerprint density at radius 2 is 1.97 bits per heavy atom. The van der Waals surface area contributed by atoms with Crippen molar-refractivity contribution in [2.24, 2.45) is 0 Å². The van der Waals surface area contributed by atoms with Crippen molar-refractivity contribution in [2.45, 2.75) is 6.54 Å². The van der Waals surface area contributed by atoms with E-state index in [1.165, 1.54) is 19.4 Å². The number of nitrogens with one attached hydrogen (secondary N) is 3. The molecule has 2 amide bonds. The lowest BCUT2D eigenvalue weighted by Gasteiger charge is -2.09. The number of pyridine rings is 1. The van der Waals surface area contributed by atoms with E-state index in [1.807, 2.05) is 0 Å². The molecule has 1 aromatic carbocycles. The number of rotatable bonds is 7.